The number of ether oxygens (including phenoxy) is 1. The molecule has 2 fully saturated rings. The maximum absolute atomic E-state index is 12.9. The molecule has 20 heavy (non-hydrogen) atoms. The number of nitrogens with one attached hydrogen (secondary N) is 1. The largest absolute Gasteiger partial charge is 0.378 e. The molecule has 4 nitrogen and oxygen atoms in total. The Labute approximate surface area is 123 Å². The number of hydrogen-bond donors (Lipinski definition) is 1. The number of carbonyl (C=O) groups is 1. The molecule has 0 spiro atoms. The van der Waals surface area contributed by atoms with E-state index in [4.69, 9.17) is 4.74 Å². The van der Waals surface area contributed by atoms with Gasteiger partial charge in [0.15, 0.2) is 0 Å². The molecular formula is C16H30N2O2. The summed E-state index contributed by atoms with van der Waals surface area (Å²) in [4.78, 5) is 15.0. The highest BCUT2D eigenvalue weighted by Gasteiger charge is 2.49. The zero-order chi connectivity index (χ0) is 14.9. The van der Waals surface area contributed by atoms with Gasteiger partial charge < -0.3 is 9.64 Å². The van der Waals surface area contributed by atoms with Crippen LogP contribution >= 0.6 is 0 Å². The van der Waals surface area contributed by atoms with Crippen LogP contribution in [0, 0.1) is 5.92 Å². The first-order valence-corrected chi connectivity index (χ1v) is 8.09. The van der Waals surface area contributed by atoms with Crippen LogP contribution in [0.25, 0.3) is 0 Å². The van der Waals surface area contributed by atoms with Crippen molar-refractivity contribution in [1.29, 1.82) is 0 Å². The third-order valence-electron chi connectivity index (χ3n) is 4.78. The summed E-state index contributed by atoms with van der Waals surface area (Å²) < 4.78 is 5.64. The maximum Gasteiger partial charge on any atom is 0.244 e. The van der Waals surface area contributed by atoms with E-state index in [0.717, 1.165) is 32.3 Å². The Bertz CT molecular complexity index is 358. The first-order chi connectivity index (χ1) is 9.37. The maximum atomic E-state index is 12.9. The average molecular weight is 282 g/mol. The van der Waals surface area contributed by atoms with E-state index in [-0.39, 0.29) is 23.7 Å². The molecule has 2 aliphatic rings. The molecule has 4 unspecified atom stereocenters. The Morgan fingerprint density at radius 3 is 2.75 bits per heavy atom. The van der Waals surface area contributed by atoms with Crippen LogP contribution in [0.2, 0.25) is 0 Å². The fourth-order valence-electron chi connectivity index (χ4n) is 3.45. The van der Waals surface area contributed by atoms with Gasteiger partial charge >= 0.3 is 0 Å². The van der Waals surface area contributed by atoms with Crippen LogP contribution in [0.15, 0.2) is 0 Å². The van der Waals surface area contributed by atoms with Crippen molar-refractivity contribution in [2.75, 3.05) is 6.61 Å². The Hall–Kier alpha value is -0.610. The minimum atomic E-state index is -0.388. The molecule has 0 saturated carbocycles. The third kappa shape index (κ3) is 3.01. The van der Waals surface area contributed by atoms with Crippen molar-refractivity contribution in [3.8, 4) is 0 Å². The second-order valence-corrected chi connectivity index (χ2v) is 7.05. The van der Waals surface area contributed by atoms with Crippen LogP contribution < -0.4 is 5.32 Å². The van der Waals surface area contributed by atoms with Crippen LogP contribution in [0.4, 0.5) is 0 Å². The van der Waals surface area contributed by atoms with E-state index in [1.165, 1.54) is 0 Å². The molecule has 1 amide bonds. The molecule has 0 aromatic heterocycles. The summed E-state index contributed by atoms with van der Waals surface area (Å²) in [6.45, 7) is 11.5. The Morgan fingerprint density at radius 2 is 2.20 bits per heavy atom. The van der Waals surface area contributed by atoms with Gasteiger partial charge in [-0.2, -0.15) is 0 Å². The van der Waals surface area contributed by atoms with Gasteiger partial charge in [-0.3, -0.25) is 10.1 Å². The molecule has 0 radical (unpaired) electrons. The van der Waals surface area contributed by atoms with Crippen molar-refractivity contribution in [3.05, 3.63) is 0 Å². The minimum Gasteiger partial charge on any atom is -0.378 e. The van der Waals surface area contributed by atoms with E-state index < -0.39 is 0 Å². The van der Waals surface area contributed by atoms with E-state index in [2.05, 4.69) is 37.9 Å². The van der Waals surface area contributed by atoms with Crippen LogP contribution in [0.3, 0.4) is 0 Å². The van der Waals surface area contributed by atoms with Crippen molar-refractivity contribution in [2.45, 2.75) is 84.2 Å². The van der Waals surface area contributed by atoms with Crippen molar-refractivity contribution < 1.29 is 9.53 Å². The predicted molar refractivity (Wildman–Crippen MR) is 80.4 cm³/mol. The normalized spacial score (nSPS) is 38.8. The zero-order valence-corrected chi connectivity index (χ0v) is 13.6. The van der Waals surface area contributed by atoms with Gasteiger partial charge in [-0.15, -0.1) is 0 Å². The van der Waals surface area contributed by atoms with E-state index >= 15 is 0 Å². The standard InChI is InChI=1S/C16H30N2O2/c1-6-16(5)15(19)18(14(17-16)9-11(2)3)13-7-8-20-12(4)10-13/h11-14,17H,6-10H2,1-5H3. The number of carbonyl (C=O) groups excluding carboxylic acids is 1. The second kappa shape index (κ2) is 6.02. The summed E-state index contributed by atoms with van der Waals surface area (Å²) in [6.07, 6.45) is 4.23. The van der Waals surface area contributed by atoms with Gasteiger partial charge in [-0.05, 0) is 45.4 Å². The highest BCUT2D eigenvalue weighted by atomic mass is 16.5. The van der Waals surface area contributed by atoms with E-state index in [1.54, 1.807) is 0 Å². The second-order valence-electron chi connectivity index (χ2n) is 7.05. The van der Waals surface area contributed by atoms with Gasteiger partial charge in [0.1, 0.15) is 0 Å². The molecule has 0 aromatic carbocycles. The van der Waals surface area contributed by atoms with E-state index in [1.807, 2.05) is 6.92 Å². The van der Waals surface area contributed by atoms with Crippen molar-refractivity contribution in [3.63, 3.8) is 0 Å². The van der Waals surface area contributed by atoms with E-state index in [9.17, 15) is 4.79 Å². The fourth-order valence-corrected chi connectivity index (χ4v) is 3.45. The van der Waals surface area contributed by atoms with Gasteiger partial charge in [-0.25, -0.2) is 0 Å². The Morgan fingerprint density at radius 1 is 1.50 bits per heavy atom. The highest BCUT2D eigenvalue weighted by Crippen LogP contribution is 2.32. The summed E-state index contributed by atoms with van der Waals surface area (Å²) in [7, 11) is 0. The number of amides is 1. The lowest BCUT2D eigenvalue weighted by Crippen LogP contribution is -2.49. The molecule has 4 atom stereocenters. The Kier molecular flexibility index (Phi) is 4.75. The lowest BCUT2D eigenvalue weighted by Gasteiger charge is -2.38. The van der Waals surface area contributed by atoms with Crippen molar-refractivity contribution in [1.82, 2.24) is 10.2 Å². The summed E-state index contributed by atoms with van der Waals surface area (Å²) >= 11 is 0. The van der Waals surface area contributed by atoms with Crippen LogP contribution in [0.1, 0.15) is 60.3 Å². The number of nitrogens with zero attached hydrogens (tertiary/aromatic N) is 1. The highest BCUT2D eigenvalue weighted by molar-refractivity contribution is 5.88. The predicted octanol–water partition coefficient (Wildman–Crippen LogP) is 2.53. The van der Waals surface area contributed by atoms with Crippen molar-refractivity contribution >= 4 is 5.91 Å². The first-order valence-electron chi connectivity index (χ1n) is 8.09. The van der Waals surface area contributed by atoms with Gasteiger partial charge in [-0.1, -0.05) is 20.8 Å². The lowest BCUT2D eigenvalue weighted by atomic mass is 9.97. The topological polar surface area (TPSA) is 41.6 Å². The zero-order valence-electron chi connectivity index (χ0n) is 13.6. The van der Waals surface area contributed by atoms with Crippen molar-refractivity contribution in [2.24, 2.45) is 5.92 Å². The molecule has 4 heteroatoms. The van der Waals surface area contributed by atoms with Crippen LogP contribution in [-0.4, -0.2) is 41.3 Å². The summed E-state index contributed by atoms with van der Waals surface area (Å²) in [5.41, 5.74) is -0.388. The van der Waals surface area contributed by atoms with Gasteiger partial charge in [0.05, 0.1) is 17.8 Å². The van der Waals surface area contributed by atoms with Gasteiger partial charge in [0, 0.05) is 12.6 Å². The van der Waals surface area contributed by atoms with Crippen LogP contribution in [-0.2, 0) is 9.53 Å². The third-order valence-corrected chi connectivity index (χ3v) is 4.78. The number of rotatable bonds is 4. The van der Waals surface area contributed by atoms with Crippen LogP contribution in [0.5, 0.6) is 0 Å². The molecule has 1 N–H and O–H groups in total. The molecule has 0 aliphatic carbocycles. The lowest BCUT2D eigenvalue weighted by molar-refractivity contribution is -0.138. The molecule has 2 saturated heterocycles. The molecule has 2 rings (SSSR count). The van der Waals surface area contributed by atoms with Gasteiger partial charge in [0.2, 0.25) is 5.91 Å². The smallest absolute Gasteiger partial charge is 0.244 e. The monoisotopic (exact) mass is 282 g/mol. The first kappa shape index (κ1) is 15.8. The molecule has 116 valence electrons. The molecule has 0 bridgehead atoms. The van der Waals surface area contributed by atoms with Gasteiger partial charge in [0.25, 0.3) is 0 Å². The van der Waals surface area contributed by atoms with E-state index in [0.29, 0.717) is 12.0 Å². The molecule has 0 aromatic rings. The average Bonchev–Trinajstić information content (AvgIpc) is 2.61. The summed E-state index contributed by atoms with van der Waals surface area (Å²) in [5.74, 6) is 0.865. The quantitative estimate of drug-likeness (QED) is 0.861. The minimum absolute atomic E-state index is 0.183. The molecular weight excluding hydrogens is 252 g/mol. The summed E-state index contributed by atoms with van der Waals surface area (Å²) in [5, 5.41) is 3.60. The Balaban J connectivity index is 2.19. The summed E-state index contributed by atoms with van der Waals surface area (Å²) in [6, 6.07) is 0.330. The molecule has 2 aliphatic heterocycles. The fraction of sp³-hybridized carbons (Fsp3) is 0.938. The SMILES string of the molecule is CCC1(C)NC(CC(C)C)N(C2CCOC(C)C2)C1=O. The molecule has 2 heterocycles. The number of hydrogen-bond acceptors (Lipinski definition) is 3.